The summed E-state index contributed by atoms with van der Waals surface area (Å²) < 4.78 is 3.14. The van der Waals surface area contributed by atoms with E-state index in [1.165, 1.54) is 13.8 Å². The van der Waals surface area contributed by atoms with Gasteiger partial charge in [-0.3, -0.25) is 0 Å². The van der Waals surface area contributed by atoms with Crippen molar-refractivity contribution in [3.8, 4) is 0 Å². The monoisotopic (exact) mass is 550 g/mol. The smallest absolute Gasteiger partial charge is 0.0442 e. The molecule has 0 saturated heterocycles. The SMILES string of the molecule is CC(C)[CH2][Sn+4][CH2]C(C)C.CC(CCCC(=O)[O-])C(=O)[O-].CC(CCCC(=O)[O-])C(=O)[O-]. The molecular weight excluding hydrogens is 511 g/mol. The summed E-state index contributed by atoms with van der Waals surface area (Å²) in [6, 6.07) is 0. The van der Waals surface area contributed by atoms with Crippen LogP contribution in [0.3, 0.4) is 0 Å². The van der Waals surface area contributed by atoms with Crippen LogP contribution in [0.25, 0.3) is 0 Å². The molecule has 9 heteroatoms. The van der Waals surface area contributed by atoms with Crippen molar-refractivity contribution >= 4 is 45.0 Å². The van der Waals surface area contributed by atoms with Crippen LogP contribution in [-0.4, -0.2) is 45.0 Å². The minimum atomic E-state index is -1.14. The molecule has 0 aromatic heterocycles. The fourth-order valence-electron chi connectivity index (χ4n) is 2.00. The Balaban J connectivity index is -0.000000382. The maximum absolute atomic E-state index is 10.1. The Morgan fingerprint density at radius 3 is 1.10 bits per heavy atom. The Hall–Kier alpha value is -1.32. The van der Waals surface area contributed by atoms with Crippen molar-refractivity contribution in [2.45, 2.75) is 88.9 Å². The van der Waals surface area contributed by atoms with Gasteiger partial charge >= 0.3 is 69.5 Å². The number of hydrogen-bond donors (Lipinski definition) is 0. The largest absolute Gasteiger partial charge is 0.550 e. The fourth-order valence-corrected chi connectivity index (χ4v) is 5.77. The summed E-state index contributed by atoms with van der Waals surface area (Å²) in [5.41, 5.74) is 0. The first-order valence-electron chi connectivity index (χ1n) is 10.7. The maximum Gasteiger partial charge on any atom is 0.0442 e. The van der Waals surface area contributed by atoms with Crippen LogP contribution in [0.5, 0.6) is 0 Å². The van der Waals surface area contributed by atoms with Gasteiger partial charge in [0.2, 0.25) is 0 Å². The van der Waals surface area contributed by atoms with E-state index in [9.17, 15) is 39.6 Å². The number of hydrogen-bond acceptors (Lipinski definition) is 8. The van der Waals surface area contributed by atoms with Crippen LogP contribution in [0.4, 0.5) is 0 Å². The Morgan fingerprint density at radius 1 is 0.613 bits per heavy atom. The molecule has 0 heterocycles. The Kier molecular flexibility index (Phi) is 24.2. The van der Waals surface area contributed by atoms with Gasteiger partial charge in [-0.05, 0) is 50.4 Å². The van der Waals surface area contributed by atoms with E-state index in [0.29, 0.717) is 25.7 Å². The Morgan fingerprint density at radius 2 is 0.903 bits per heavy atom. The third-order valence-corrected chi connectivity index (χ3v) is 10.3. The van der Waals surface area contributed by atoms with Crippen molar-refractivity contribution in [1.29, 1.82) is 0 Å². The normalized spacial score (nSPS) is 12.1. The van der Waals surface area contributed by atoms with Crippen LogP contribution in [0.2, 0.25) is 8.87 Å². The molecular formula is C22H38O8Sn. The molecule has 2 unspecified atom stereocenters. The molecule has 0 aliphatic heterocycles. The zero-order valence-corrected chi connectivity index (χ0v) is 22.6. The van der Waals surface area contributed by atoms with Gasteiger partial charge in [-0.15, -0.1) is 0 Å². The maximum atomic E-state index is 10.1. The van der Waals surface area contributed by atoms with Crippen molar-refractivity contribution in [3.05, 3.63) is 0 Å². The molecule has 0 aromatic carbocycles. The fraction of sp³-hybridized carbons (Fsp3) is 0.818. The topological polar surface area (TPSA) is 161 Å². The van der Waals surface area contributed by atoms with Gasteiger partial charge in [0.25, 0.3) is 0 Å². The van der Waals surface area contributed by atoms with E-state index >= 15 is 0 Å². The van der Waals surface area contributed by atoms with Crippen LogP contribution in [0.1, 0.15) is 80.1 Å². The molecule has 0 amide bonds. The predicted molar refractivity (Wildman–Crippen MR) is 111 cm³/mol. The molecule has 0 fully saturated rings. The van der Waals surface area contributed by atoms with Crippen molar-refractivity contribution in [3.63, 3.8) is 0 Å². The minimum absolute atomic E-state index is 0.0709. The van der Waals surface area contributed by atoms with E-state index in [4.69, 9.17) is 0 Å². The molecule has 8 nitrogen and oxygen atoms in total. The Labute approximate surface area is 197 Å². The molecule has 2 atom stereocenters. The van der Waals surface area contributed by atoms with Gasteiger partial charge in [0, 0.05) is 23.9 Å². The molecule has 0 aromatic rings. The van der Waals surface area contributed by atoms with Crippen molar-refractivity contribution < 1.29 is 39.6 Å². The summed E-state index contributed by atoms with van der Waals surface area (Å²) in [6.45, 7) is 12.3. The van der Waals surface area contributed by atoms with Crippen LogP contribution in [0, 0.1) is 23.7 Å². The third-order valence-electron chi connectivity index (χ3n) is 3.95. The number of aliphatic carboxylic acids is 4. The summed E-state index contributed by atoms with van der Waals surface area (Å²) in [5.74, 6) is -3.77. The van der Waals surface area contributed by atoms with Crippen LogP contribution in [0.15, 0.2) is 0 Å². The third kappa shape index (κ3) is 33.5. The Bertz CT molecular complexity index is 462. The predicted octanol–water partition coefficient (Wildman–Crippen LogP) is -0.576. The summed E-state index contributed by atoms with van der Waals surface area (Å²) in [6.07, 6.45) is 1.15. The van der Waals surface area contributed by atoms with Gasteiger partial charge in [-0.1, -0.05) is 13.8 Å². The van der Waals surface area contributed by atoms with E-state index < -0.39 is 35.7 Å². The van der Waals surface area contributed by atoms with E-state index in [1.54, 1.807) is 8.87 Å². The minimum Gasteiger partial charge on any atom is -0.550 e. The number of carboxylic acid groups (broad SMARTS) is 4. The van der Waals surface area contributed by atoms with E-state index in [1.807, 2.05) is 0 Å². The van der Waals surface area contributed by atoms with Crippen molar-refractivity contribution in [1.82, 2.24) is 0 Å². The quantitative estimate of drug-likeness (QED) is 0.260. The summed E-state index contributed by atoms with van der Waals surface area (Å²) >= 11 is 0.0709. The molecule has 0 aliphatic carbocycles. The first kappa shape index (κ1) is 34.3. The average Bonchev–Trinajstić information content (AvgIpc) is 2.61. The molecule has 0 rings (SSSR count). The summed E-state index contributed by atoms with van der Waals surface area (Å²) in [4.78, 5) is 40.0. The molecule has 0 aliphatic rings. The number of carbonyl (C=O) groups excluding carboxylic acids is 4. The van der Waals surface area contributed by atoms with Gasteiger partial charge in [0.05, 0.1) is 0 Å². The van der Waals surface area contributed by atoms with Gasteiger partial charge in [0.1, 0.15) is 0 Å². The van der Waals surface area contributed by atoms with Crippen molar-refractivity contribution in [2.24, 2.45) is 23.7 Å². The summed E-state index contributed by atoms with van der Waals surface area (Å²) in [7, 11) is 0. The van der Waals surface area contributed by atoms with E-state index in [2.05, 4.69) is 27.7 Å². The molecule has 0 saturated carbocycles. The number of carbonyl (C=O) groups is 4. The average molecular weight is 549 g/mol. The first-order valence-corrected chi connectivity index (χ1v) is 14.8. The molecule has 31 heavy (non-hydrogen) atoms. The number of carboxylic acids is 4. The second-order valence-corrected chi connectivity index (χ2v) is 12.2. The number of rotatable bonds is 14. The van der Waals surface area contributed by atoms with Gasteiger partial charge < -0.3 is 39.6 Å². The molecule has 0 spiro atoms. The van der Waals surface area contributed by atoms with Gasteiger partial charge in [-0.2, -0.15) is 0 Å². The molecule has 0 bridgehead atoms. The molecule has 178 valence electrons. The van der Waals surface area contributed by atoms with Crippen LogP contribution < -0.4 is 20.4 Å². The van der Waals surface area contributed by atoms with Crippen LogP contribution >= 0.6 is 0 Å². The molecule has 0 N–H and O–H groups in total. The van der Waals surface area contributed by atoms with Crippen LogP contribution in [-0.2, 0) is 19.2 Å². The van der Waals surface area contributed by atoms with E-state index in [0.717, 1.165) is 11.8 Å². The van der Waals surface area contributed by atoms with Crippen molar-refractivity contribution in [2.75, 3.05) is 0 Å². The first-order chi connectivity index (χ1) is 14.2. The van der Waals surface area contributed by atoms with Gasteiger partial charge in [0.15, 0.2) is 0 Å². The summed E-state index contributed by atoms with van der Waals surface area (Å²) in [5, 5.41) is 40.0. The van der Waals surface area contributed by atoms with E-state index in [-0.39, 0.29) is 34.0 Å². The van der Waals surface area contributed by atoms with Gasteiger partial charge in [-0.25, -0.2) is 0 Å². The standard InChI is InChI=1S/2C7H12O4.2C4H9.Sn/c2*1-5(7(10)11)3-2-4-6(8)9;2*1-4(2)3;/h2*5H,2-4H2,1H3,(H,8,9)(H,10,11);2*4H,1H2,2-3H3;/q;;;;+4/p-4. The zero-order valence-electron chi connectivity index (χ0n) is 19.7. The molecule has 6 radical (unpaired) electrons. The second-order valence-electron chi connectivity index (χ2n) is 8.41. The second kappa shape index (κ2) is 21.9. The zero-order chi connectivity index (χ0) is 25.0.